The second kappa shape index (κ2) is 5.62. The van der Waals surface area contributed by atoms with Crippen LogP contribution in [0.4, 0.5) is 11.4 Å². The van der Waals surface area contributed by atoms with E-state index >= 15 is 0 Å². The number of anilines is 2. The fourth-order valence-electron chi connectivity index (χ4n) is 1.48. The molecule has 0 aliphatic heterocycles. The first-order chi connectivity index (χ1) is 8.61. The molecule has 1 N–H and O–H groups in total. The van der Waals surface area contributed by atoms with Crippen LogP contribution in [-0.2, 0) is 0 Å². The largest absolute Gasteiger partial charge is 0.353 e. The normalized spacial score (nSPS) is 9.89. The average molecular weight is 342 g/mol. The maximum atomic E-state index is 9.08. The summed E-state index contributed by atoms with van der Waals surface area (Å²) >= 11 is 15.2. The van der Waals surface area contributed by atoms with E-state index in [-0.39, 0.29) is 0 Å². The summed E-state index contributed by atoms with van der Waals surface area (Å²) in [5, 5.41) is 13.3. The number of benzene rings is 2. The van der Waals surface area contributed by atoms with Crippen molar-refractivity contribution in [2.75, 3.05) is 5.32 Å². The van der Waals surface area contributed by atoms with E-state index in [4.69, 9.17) is 28.5 Å². The lowest BCUT2D eigenvalue weighted by Crippen LogP contribution is -1.95. The third kappa shape index (κ3) is 2.78. The van der Waals surface area contributed by atoms with Gasteiger partial charge in [-0.3, -0.25) is 0 Å². The van der Waals surface area contributed by atoms with Crippen molar-refractivity contribution in [2.24, 2.45) is 0 Å². The molecule has 0 saturated carbocycles. The molecule has 0 bridgehead atoms. The van der Waals surface area contributed by atoms with Gasteiger partial charge < -0.3 is 5.32 Å². The van der Waals surface area contributed by atoms with Crippen molar-refractivity contribution in [1.29, 1.82) is 5.26 Å². The first-order valence-corrected chi connectivity index (χ1v) is 6.57. The van der Waals surface area contributed by atoms with E-state index in [1.165, 1.54) is 0 Å². The number of rotatable bonds is 2. The molecule has 0 atom stereocenters. The predicted molar refractivity (Wildman–Crippen MR) is 78.6 cm³/mol. The Balaban J connectivity index is 2.41. The molecule has 0 spiro atoms. The topological polar surface area (TPSA) is 35.8 Å². The molecule has 0 saturated heterocycles. The summed E-state index contributed by atoms with van der Waals surface area (Å²) in [4.78, 5) is 0. The van der Waals surface area contributed by atoms with Gasteiger partial charge in [0.2, 0.25) is 0 Å². The Bertz CT molecular complexity index is 635. The molecule has 2 rings (SSSR count). The zero-order chi connectivity index (χ0) is 13.1. The van der Waals surface area contributed by atoms with E-state index in [2.05, 4.69) is 27.3 Å². The van der Waals surface area contributed by atoms with E-state index in [9.17, 15) is 0 Å². The zero-order valence-corrected chi connectivity index (χ0v) is 12.1. The van der Waals surface area contributed by atoms with E-state index in [0.717, 1.165) is 10.2 Å². The van der Waals surface area contributed by atoms with E-state index in [1.54, 1.807) is 30.3 Å². The molecule has 2 aromatic carbocycles. The number of hydrogen-bond donors (Lipinski definition) is 1. The van der Waals surface area contributed by atoms with Gasteiger partial charge in [0, 0.05) is 9.50 Å². The summed E-state index contributed by atoms with van der Waals surface area (Å²) in [5.74, 6) is 0. The molecular weight excluding hydrogens is 335 g/mol. The van der Waals surface area contributed by atoms with Crippen LogP contribution in [0.1, 0.15) is 5.56 Å². The highest BCUT2D eigenvalue weighted by molar-refractivity contribution is 9.10. The van der Waals surface area contributed by atoms with E-state index in [1.807, 2.05) is 6.07 Å². The minimum atomic E-state index is 0.418. The SMILES string of the molecule is N#Cc1c(Cl)cccc1Nc1ccc(Cl)cc1Br. The van der Waals surface area contributed by atoms with Crippen LogP contribution in [0.5, 0.6) is 0 Å². The molecule has 0 aliphatic rings. The third-order valence-electron chi connectivity index (χ3n) is 2.33. The molecule has 0 radical (unpaired) electrons. The van der Waals surface area contributed by atoms with Crippen molar-refractivity contribution in [3.8, 4) is 6.07 Å². The molecular formula is C13H7BrCl2N2. The quantitative estimate of drug-likeness (QED) is 0.796. The molecule has 0 amide bonds. The highest BCUT2D eigenvalue weighted by atomic mass is 79.9. The van der Waals surface area contributed by atoms with Gasteiger partial charge in [-0.15, -0.1) is 0 Å². The highest BCUT2D eigenvalue weighted by Crippen LogP contribution is 2.31. The van der Waals surface area contributed by atoms with Crippen LogP contribution >= 0.6 is 39.1 Å². The Kier molecular flexibility index (Phi) is 4.13. The Morgan fingerprint density at radius 1 is 1.11 bits per heavy atom. The van der Waals surface area contributed by atoms with Gasteiger partial charge in [0.25, 0.3) is 0 Å². The maximum Gasteiger partial charge on any atom is 0.103 e. The second-order valence-corrected chi connectivity index (χ2v) is 5.22. The summed E-state index contributed by atoms with van der Waals surface area (Å²) in [5.41, 5.74) is 1.90. The number of halogens is 3. The molecule has 0 aromatic heterocycles. The summed E-state index contributed by atoms with van der Waals surface area (Å²) in [6.07, 6.45) is 0. The minimum Gasteiger partial charge on any atom is -0.353 e. The minimum absolute atomic E-state index is 0.418. The van der Waals surface area contributed by atoms with E-state index in [0.29, 0.717) is 21.3 Å². The zero-order valence-electron chi connectivity index (χ0n) is 9.05. The first kappa shape index (κ1) is 13.2. The van der Waals surface area contributed by atoms with Gasteiger partial charge in [-0.05, 0) is 46.3 Å². The van der Waals surface area contributed by atoms with Crippen molar-refractivity contribution in [2.45, 2.75) is 0 Å². The first-order valence-electron chi connectivity index (χ1n) is 5.02. The number of nitrogens with one attached hydrogen (secondary N) is 1. The third-order valence-corrected chi connectivity index (χ3v) is 3.53. The van der Waals surface area contributed by atoms with Crippen molar-refractivity contribution < 1.29 is 0 Å². The van der Waals surface area contributed by atoms with Crippen LogP contribution in [0.15, 0.2) is 40.9 Å². The monoisotopic (exact) mass is 340 g/mol. The second-order valence-electron chi connectivity index (χ2n) is 3.52. The fraction of sp³-hybridized carbons (Fsp3) is 0. The van der Waals surface area contributed by atoms with Crippen LogP contribution in [-0.4, -0.2) is 0 Å². The van der Waals surface area contributed by atoms with Crippen molar-refractivity contribution in [3.05, 3.63) is 56.5 Å². The molecule has 0 aliphatic carbocycles. The van der Waals surface area contributed by atoms with E-state index < -0.39 is 0 Å². The van der Waals surface area contributed by atoms with Crippen LogP contribution in [0.25, 0.3) is 0 Å². The molecule has 0 fully saturated rings. The molecule has 5 heteroatoms. The Morgan fingerprint density at radius 2 is 1.89 bits per heavy atom. The predicted octanol–water partition coefficient (Wildman–Crippen LogP) is 5.37. The lowest BCUT2D eigenvalue weighted by Gasteiger charge is -2.11. The van der Waals surface area contributed by atoms with Gasteiger partial charge in [-0.25, -0.2) is 0 Å². The van der Waals surface area contributed by atoms with Crippen molar-refractivity contribution in [3.63, 3.8) is 0 Å². The molecule has 0 unspecified atom stereocenters. The van der Waals surface area contributed by atoms with Crippen LogP contribution in [0.3, 0.4) is 0 Å². The Labute approximate surface area is 123 Å². The molecule has 0 heterocycles. The molecule has 18 heavy (non-hydrogen) atoms. The number of nitrogens with zero attached hydrogens (tertiary/aromatic N) is 1. The van der Waals surface area contributed by atoms with Crippen molar-refractivity contribution >= 4 is 50.5 Å². The van der Waals surface area contributed by atoms with Gasteiger partial charge in [0.15, 0.2) is 0 Å². The van der Waals surface area contributed by atoms with Gasteiger partial charge in [-0.2, -0.15) is 5.26 Å². The van der Waals surface area contributed by atoms with Crippen LogP contribution < -0.4 is 5.32 Å². The van der Waals surface area contributed by atoms with Gasteiger partial charge in [-0.1, -0.05) is 29.3 Å². The smallest absolute Gasteiger partial charge is 0.103 e. The van der Waals surface area contributed by atoms with Crippen LogP contribution in [0, 0.1) is 11.3 Å². The molecule has 2 aromatic rings. The summed E-state index contributed by atoms with van der Waals surface area (Å²) < 4.78 is 0.818. The molecule has 2 nitrogen and oxygen atoms in total. The van der Waals surface area contributed by atoms with Crippen molar-refractivity contribution in [1.82, 2.24) is 0 Å². The Morgan fingerprint density at radius 3 is 2.56 bits per heavy atom. The number of nitriles is 1. The summed E-state index contributed by atoms with van der Waals surface area (Å²) in [6.45, 7) is 0. The van der Waals surface area contributed by atoms with Gasteiger partial charge in [0.05, 0.1) is 22.0 Å². The lowest BCUT2D eigenvalue weighted by molar-refractivity contribution is 1.45. The van der Waals surface area contributed by atoms with Gasteiger partial charge in [0.1, 0.15) is 6.07 Å². The molecule has 90 valence electrons. The maximum absolute atomic E-state index is 9.08. The Hall–Kier alpha value is -1.21. The van der Waals surface area contributed by atoms with Gasteiger partial charge >= 0.3 is 0 Å². The summed E-state index contributed by atoms with van der Waals surface area (Å²) in [6, 6.07) is 12.7. The highest BCUT2D eigenvalue weighted by Gasteiger charge is 2.08. The standard InChI is InChI=1S/C13H7BrCl2N2/c14-10-6-8(15)4-5-13(10)18-12-3-1-2-11(16)9(12)7-17/h1-6,18H. The number of hydrogen-bond acceptors (Lipinski definition) is 2. The van der Waals surface area contributed by atoms with Crippen LogP contribution in [0.2, 0.25) is 10.0 Å². The fourth-order valence-corrected chi connectivity index (χ4v) is 2.48. The lowest BCUT2D eigenvalue weighted by atomic mass is 10.2. The summed E-state index contributed by atoms with van der Waals surface area (Å²) in [7, 11) is 0. The average Bonchev–Trinajstić information content (AvgIpc) is 2.33.